The van der Waals surface area contributed by atoms with Crippen LogP contribution in [0.25, 0.3) is 0 Å². The number of rotatable bonds is 8. The summed E-state index contributed by atoms with van der Waals surface area (Å²) in [6, 6.07) is 0. The molecule has 0 spiro atoms. The summed E-state index contributed by atoms with van der Waals surface area (Å²) in [6.07, 6.45) is 1.83. The molecule has 1 N–H and O–H groups in total. The van der Waals surface area contributed by atoms with Crippen LogP contribution in [0.5, 0.6) is 0 Å². The summed E-state index contributed by atoms with van der Waals surface area (Å²) in [5.41, 5.74) is 0. The topological polar surface area (TPSA) is 72.8 Å². The van der Waals surface area contributed by atoms with Crippen LogP contribution >= 0.6 is 0 Å². The van der Waals surface area contributed by atoms with Gasteiger partial charge >= 0.3 is 11.9 Å². The largest absolute Gasteiger partial charge is 0.416 e. The lowest BCUT2D eigenvalue weighted by molar-refractivity contribution is -0.259. The molecule has 0 aliphatic heterocycles. The molecular formula is C13H20O5. The van der Waals surface area contributed by atoms with Crippen LogP contribution in [-0.4, -0.2) is 28.9 Å². The molecular weight excluding hydrogens is 236 g/mol. The van der Waals surface area contributed by atoms with Crippen LogP contribution in [-0.2, 0) is 19.1 Å². The third-order valence-corrected chi connectivity index (χ3v) is 2.37. The van der Waals surface area contributed by atoms with Gasteiger partial charge in [-0.1, -0.05) is 27.0 Å². The van der Waals surface area contributed by atoms with Gasteiger partial charge in [-0.15, -0.1) is 0 Å². The smallest absolute Gasteiger partial charge is 0.333 e. The van der Waals surface area contributed by atoms with Crippen LogP contribution in [0, 0.1) is 0 Å². The van der Waals surface area contributed by atoms with Gasteiger partial charge in [-0.2, -0.15) is 0 Å². The normalized spacial score (nSPS) is 12.4. The van der Waals surface area contributed by atoms with Gasteiger partial charge in [-0.3, -0.25) is 0 Å². The highest BCUT2D eigenvalue weighted by molar-refractivity contribution is 5.83. The minimum atomic E-state index is -1.68. The van der Waals surface area contributed by atoms with Crippen LogP contribution in [0.4, 0.5) is 0 Å². The van der Waals surface area contributed by atoms with Gasteiger partial charge in [0.05, 0.1) is 0 Å². The first-order valence-electron chi connectivity index (χ1n) is 5.84. The fourth-order valence-corrected chi connectivity index (χ4v) is 1.51. The predicted molar refractivity (Wildman–Crippen MR) is 66.5 cm³/mol. The molecule has 0 heterocycles. The SMILES string of the molecule is C=CC(=O)OC(CCC)(OC(=O)C=C)C(O)CC. The number of carbonyl (C=O) groups is 2. The van der Waals surface area contributed by atoms with Crippen molar-refractivity contribution in [3.05, 3.63) is 25.3 Å². The molecule has 0 saturated heterocycles. The number of hydrogen-bond acceptors (Lipinski definition) is 5. The van der Waals surface area contributed by atoms with Gasteiger partial charge in [0.2, 0.25) is 0 Å². The molecule has 0 saturated carbocycles. The van der Waals surface area contributed by atoms with Gasteiger partial charge in [-0.05, 0) is 12.8 Å². The van der Waals surface area contributed by atoms with E-state index in [0.29, 0.717) is 6.42 Å². The highest BCUT2D eigenvalue weighted by Gasteiger charge is 2.43. The minimum Gasteiger partial charge on any atom is -0.416 e. The third kappa shape index (κ3) is 4.33. The van der Waals surface area contributed by atoms with Gasteiger partial charge in [0.25, 0.3) is 5.79 Å². The van der Waals surface area contributed by atoms with Gasteiger partial charge in [0, 0.05) is 18.6 Å². The third-order valence-electron chi connectivity index (χ3n) is 2.37. The number of hydrogen-bond donors (Lipinski definition) is 1. The summed E-state index contributed by atoms with van der Waals surface area (Å²) < 4.78 is 10.1. The van der Waals surface area contributed by atoms with Gasteiger partial charge < -0.3 is 14.6 Å². The Hall–Kier alpha value is -1.62. The fraction of sp³-hybridized carbons (Fsp3) is 0.538. The van der Waals surface area contributed by atoms with Crippen molar-refractivity contribution in [3.8, 4) is 0 Å². The van der Waals surface area contributed by atoms with Crippen LogP contribution in [0.1, 0.15) is 33.1 Å². The first-order valence-corrected chi connectivity index (χ1v) is 5.84. The Kier molecular flexibility index (Phi) is 6.97. The molecule has 18 heavy (non-hydrogen) atoms. The van der Waals surface area contributed by atoms with Gasteiger partial charge in [0.15, 0.2) is 0 Å². The van der Waals surface area contributed by atoms with E-state index < -0.39 is 23.8 Å². The molecule has 0 aromatic heterocycles. The van der Waals surface area contributed by atoms with E-state index >= 15 is 0 Å². The zero-order valence-corrected chi connectivity index (χ0v) is 10.8. The van der Waals surface area contributed by atoms with Crippen molar-refractivity contribution in [1.82, 2.24) is 0 Å². The first kappa shape index (κ1) is 16.4. The standard InChI is InChI=1S/C13H20O5/c1-5-9-13(10(14)6-2,17-11(15)7-3)18-12(16)8-4/h7-8,10,14H,3-6,9H2,1-2H3. The highest BCUT2D eigenvalue weighted by atomic mass is 16.7. The summed E-state index contributed by atoms with van der Waals surface area (Å²) in [5.74, 6) is -3.19. The lowest BCUT2D eigenvalue weighted by atomic mass is 10.0. The molecule has 0 aliphatic carbocycles. The second-order valence-corrected chi connectivity index (χ2v) is 3.74. The molecule has 1 unspecified atom stereocenters. The van der Waals surface area contributed by atoms with Crippen molar-refractivity contribution in [2.45, 2.75) is 45.0 Å². The van der Waals surface area contributed by atoms with E-state index in [1.807, 2.05) is 6.92 Å². The van der Waals surface area contributed by atoms with Crippen molar-refractivity contribution in [3.63, 3.8) is 0 Å². The van der Waals surface area contributed by atoms with E-state index in [0.717, 1.165) is 12.2 Å². The summed E-state index contributed by atoms with van der Waals surface area (Å²) in [5, 5.41) is 9.97. The van der Waals surface area contributed by atoms with Crippen LogP contribution in [0.15, 0.2) is 25.3 Å². The monoisotopic (exact) mass is 256 g/mol. The Morgan fingerprint density at radius 2 is 1.67 bits per heavy atom. The molecule has 0 fully saturated rings. The first-order chi connectivity index (χ1) is 8.45. The average molecular weight is 256 g/mol. The maximum Gasteiger partial charge on any atom is 0.333 e. The van der Waals surface area contributed by atoms with E-state index in [-0.39, 0.29) is 12.8 Å². The predicted octanol–water partition coefficient (Wildman–Crippen LogP) is 1.71. The van der Waals surface area contributed by atoms with Crippen LogP contribution in [0.2, 0.25) is 0 Å². The lowest BCUT2D eigenvalue weighted by Crippen LogP contribution is -2.49. The number of carbonyl (C=O) groups excluding carboxylic acids is 2. The summed E-state index contributed by atoms with van der Waals surface area (Å²) in [6.45, 7) is 10.1. The molecule has 0 aromatic rings. The Morgan fingerprint density at radius 3 is 1.94 bits per heavy atom. The molecule has 0 rings (SSSR count). The molecule has 0 aromatic carbocycles. The maximum atomic E-state index is 11.3. The van der Waals surface area contributed by atoms with E-state index in [1.165, 1.54) is 0 Å². The quantitative estimate of drug-likeness (QED) is 0.406. The molecule has 5 nitrogen and oxygen atoms in total. The van der Waals surface area contributed by atoms with Crippen molar-refractivity contribution in [2.24, 2.45) is 0 Å². The average Bonchev–Trinajstić information content (AvgIpc) is 2.37. The second kappa shape index (κ2) is 7.66. The number of ether oxygens (including phenoxy) is 2. The van der Waals surface area contributed by atoms with Crippen molar-refractivity contribution in [1.29, 1.82) is 0 Å². The van der Waals surface area contributed by atoms with Crippen LogP contribution in [0.3, 0.4) is 0 Å². The Labute approximate surface area is 107 Å². The number of aliphatic hydroxyl groups is 1. The van der Waals surface area contributed by atoms with Crippen LogP contribution < -0.4 is 0 Å². The molecule has 0 amide bonds. The fourth-order valence-electron chi connectivity index (χ4n) is 1.51. The molecule has 0 radical (unpaired) electrons. The van der Waals surface area contributed by atoms with Gasteiger partial charge in [0.1, 0.15) is 6.10 Å². The summed E-state index contributed by atoms with van der Waals surface area (Å²) in [7, 11) is 0. The zero-order valence-electron chi connectivity index (χ0n) is 10.8. The second-order valence-electron chi connectivity index (χ2n) is 3.74. The Morgan fingerprint density at radius 1 is 1.22 bits per heavy atom. The molecule has 5 heteroatoms. The highest BCUT2D eigenvalue weighted by Crippen LogP contribution is 2.27. The molecule has 0 aliphatic rings. The van der Waals surface area contributed by atoms with E-state index in [2.05, 4.69) is 13.2 Å². The van der Waals surface area contributed by atoms with Crippen molar-refractivity contribution in [2.75, 3.05) is 0 Å². The Bertz CT molecular complexity index is 299. The summed E-state index contributed by atoms with van der Waals surface area (Å²) >= 11 is 0. The van der Waals surface area contributed by atoms with E-state index in [1.54, 1.807) is 6.92 Å². The van der Waals surface area contributed by atoms with Gasteiger partial charge in [-0.25, -0.2) is 9.59 Å². The van der Waals surface area contributed by atoms with Crippen molar-refractivity contribution < 1.29 is 24.2 Å². The maximum absolute atomic E-state index is 11.3. The minimum absolute atomic E-state index is 0.196. The van der Waals surface area contributed by atoms with E-state index in [9.17, 15) is 14.7 Å². The molecule has 102 valence electrons. The number of esters is 2. The molecule has 0 bridgehead atoms. The zero-order chi connectivity index (χ0) is 14.2. The Balaban J connectivity index is 5.24. The number of aliphatic hydroxyl groups excluding tert-OH is 1. The summed E-state index contributed by atoms with van der Waals surface area (Å²) in [4.78, 5) is 22.6. The van der Waals surface area contributed by atoms with E-state index in [4.69, 9.17) is 9.47 Å². The lowest BCUT2D eigenvalue weighted by Gasteiger charge is -2.35. The molecule has 1 atom stereocenters. The van der Waals surface area contributed by atoms with Crippen molar-refractivity contribution >= 4 is 11.9 Å².